The number of pyridine rings is 1. The summed E-state index contributed by atoms with van der Waals surface area (Å²) in [7, 11) is 1.20. The van der Waals surface area contributed by atoms with Crippen LogP contribution < -0.4 is 5.73 Å². The molecule has 0 aliphatic rings. The topological polar surface area (TPSA) is 108 Å². The van der Waals surface area contributed by atoms with Gasteiger partial charge in [0.15, 0.2) is 5.03 Å². The van der Waals surface area contributed by atoms with Crippen LogP contribution in [0, 0.1) is 10.1 Å². The van der Waals surface area contributed by atoms with Crippen LogP contribution in [0.25, 0.3) is 0 Å². The Hall–Kier alpha value is -2.61. The molecular formula is C13H11N3O4S. The minimum absolute atomic E-state index is 0.0228. The molecule has 0 amide bonds. The molecule has 0 radical (unpaired) electrons. The van der Waals surface area contributed by atoms with Crippen molar-refractivity contribution >= 4 is 29.1 Å². The molecule has 8 heteroatoms. The number of carbonyl (C=O) groups excluding carboxylic acids is 1. The number of hydrogen-bond donors (Lipinski definition) is 1. The number of benzene rings is 1. The highest BCUT2D eigenvalue weighted by molar-refractivity contribution is 7.99. The highest BCUT2D eigenvalue weighted by atomic mass is 32.2. The first-order chi connectivity index (χ1) is 10.0. The van der Waals surface area contributed by atoms with Gasteiger partial charge in [0.1, 0.15) is 0 Å². The maximum Gasteiger partial charge on any atom is 0.339 e. The van der Waals surface area contributed by atoms with Crippen LogP contribution in [0.15, 0.2) is 46.5 Å². The fourth-order valence-electron chi connectivity index (χ4n) is 1.56. The number of para-hydroxylation sites is 1. The number of hydrogen-bond acceptors (Lipinski definition) is 7. The Labute approximate surface area is 124 Å². The number of rotatable bonds is 4. The molecule has 1 aromatic heterocycles. The van der Waals surface area contributed by atoms with Crippen LogP contribution >= 0.6 is 11.8 Å². The van der Waals surface area contributed by atoms with E-state index in [1.54, 1.807) is 24.3 Å². The van der Waals surface area contributed by atoms with E-state index in [0.717, 1.165) is 17.8 Å². The molecule has 2 aromatic rings. The molecule has 21 heavy (non-hydrogen) atoms. The number of nitrogens with two attached hydrogens (primary N) is 1. The first-order valence-electron chi connectivity index (χ1n) is 5.78. The summed E-state index contributed by atoms with van der Waals surface area (Å²) in [5.74, 6) is -0.679. The van der Waals surface area contributed by atoms with Crippen molar-refractivity contribution in [2.45, 2.75) is 9.92 Å². The highest BCUT2D eigenvalue weighted by Crippen LogP contribution is 2.36. The van der Waals surface area contributed by atoms with Gasteiger partial charge in [-0.05, 0) is 12.1 Å². The van der Waals surface area contributed by atoms with E-state index in [9.17, 15) is 14.9 Å². The lowest BCUT2D eigenvalue weighted by Crippen LogP contribution is -2.04. The van der Waals surface area contributed by atoms with E-state index in [1.165, 1.54) is 13.3 Å². The number of nitro groups is 1. The van der Waals surface area contributed by atoms with Crippen molar-refractivity contribution in [3.63, 3.8) is 0 Å². The van der Waals surface area contributed by atoms with Gasteiger partial charge in [0, 0.05) is 22.8 Å². The van der Waals surface area contributed by atoms with Crippen molar-refractivity contribution in [1.82, 2.24) is 4.98 Å². The summed E-state index contributed by atoms with van der Waals surface area (Å²) >= 11 is 1.07. The second-order valence-corrected chi connectivity index (χ2v) is 4.97. The zero-order valence-electron chi connectivity index (χ0n) is 11.0. The minimum atomic E-state index is -0.679. The molecule has 0 saturated carbocycles. The lowest BCUT2D eigenvalue weighted by Gasteiger charge is -2.06. The molecule has 0 unspecified atom stereocenters. The second-order valence-electron chi connectivity index (χ2n) is 3.94. The lowest BCUT2D eigenvalue weighted by atomic mass is 10.3. The van der Waals surface area contributed by atoms with Gasteiger partial charge >= 0.3 is 11.7 Å². The van der Waals surface area contributed by atoms with Gasteiger partial charge in [0.05, 0.1) is 17.6 Å². The quantitative estimate of drug-likeness (QED) is 0.400. The fourth-order valence-corrected chi connectivity index (χ4v) is 2.44. The molecule has 2 rings (SSSR count). The van der Waals surface area contributed by atoms with Crippen molar-refractivity contribution in [2.24, 2.45) is 0 Å². The van der Waals surface area contributed by atoms with Crippen LogP contribution in [0.4, 0.5) is 11.4 Å². The molecule has 7 nitrogen and oxygen atoms in total. The number of aromatic nitrogens is 1. The van der Waals surface area contributed by atoms with Crippen molar-refractivity contribution in [3.8, 4) is 0 Å². The van der Waals surface area contributed by atoms with Crippen molar-refractivity contribution in [2.75, 3.05) is 12.8 Å². The van der Waals surface area contributed by atoms with Gasteiger partial charge in [0.2, 0.25) is 0 Å². The van der Waals surface area contributed by atoms with E-state index in [1.807, 2.05) is 0 Å². The van der Waals surface area contributed by atoms with E-state index in [4.69, 9.17) is 5.73 Å². The molecule has 0 spiro atoms. The number of nitrogens with zero attached hydrogens (tertiary/aromatic N) is 2. The number of ether oxygens (including phenoxy) is 1. The normalized spacial score (nSPS) is 10.1. The predicted molar refractivity (Wildman–Crippen MR) is 77.2 cm³/mol. The van der Waals surface area contributed by atoms with E-state index < -0.39 is 10.9 Å². The maximum atomic E-state index is 11.4. The number of esters is 1. The lowest BCUT2D eigenvalue weighted by molar-refractivity contribution is -0.388. The van der Waals surface area contributed by atoms with Gasteiger partial charge in [-0.15, -0.1) is 0 Å². The maximum absolute atomic E-state index is 11.4. The summed E-state index contributed by atoms with van der Waals surface area (Å²) < 4.78 is 4.52. The molecule has 0 fully saturated rings. The third kappa shape index (κ3) is 3.29. The Morgan fingerprint density at radius 1 is 1.43 bits per heavy atom. The van der Waals surface area contributed by atoms with Crippen LogP contribution in [0.5, 0.6) is 0 Å². The Bertz CT molecular complexity index is 706. The third-order valence-corrected chi connectivity index (χ3v) is 3.68. The van der Waals surface area contributed by atoms with Gasteiger partial charge in [-0.25, -0.2) is 9.78 Å². The Balaban J connectivity index is 2.42. The number of nitrogen functional groups attached to an aromatic ring is 1. The van der Waals surface area contributed by atoms with Crippen LogP contribution in [-0.4, -0.2) is 23.0 Å². The predicted octanol–water partition coefficient (Wildman–Crippen LogP) is 2.51. The minimum Gasteiger partial charge on any atom is -0.465 e. The molecule has 1 heterocycles. The Kier molecular flexibility index (Phi) is 4.39. The summed E-state index contributed by atoms with van der Waals surface area (Å²) in [5.41, 5.74) is 6.05. The average molecular weight is 305 g/mol. The van der Waals surface area contributed by atoms with E-state index in [2.05, 4.69) is 9.72 Å². The third-order valence-electron chi connectivity index (χ3n) is 2.58. The number of carbonyl (C=O) groups is 1. The first kappa shape index (κ1) is 14.8. The summed E-state index contributed by atoms with van der Waals surface area (Å²) in [6, 6.07) is 8.10. The largest absolute Gasteiger partial charge is 0.465 e. The zero-order chi connectivity index (χ0) is 15.4. The molecule has 1 aromatic carbocycles. The monoisotopic (exact) mass is 305 g/mol. The fraction of sp³-hybridized carbons (Fsp3) is 0.0769. The van der Waals surface area contributed by atoms with E-state index in [0.29, 0.717) is 10.6 Å². The molecule has 0 aliphatic heterocycles. The highest BCUT2D eigenvalue weighted by Gasteiger charge is 2.20. The SMILES string of the molecule is COC(=O)c1cnc(Sc2ccccc2N)c([N+](=O)[O-])c1. The van der Waals surface area contributed by atoms with Gasteiger partial charge in [0.25, 0.3) is 0 Å². The number of anilines is 1. The summed E-state index contributed by atoms with van der Waals surface area (Å²) in [6.45, 7) is 0. The van der Waals surface area contributed by atoms with Gasteiger partial charge in [-0.2, -0.15) is 0 Å². The van der Waals surface area contributed by atoms with Crippen molar-refractivity contribution < 1.29 is 14.5 Å². The van der Waals surface area contributed by atoms with Crippen molar-refractivity contribution in [3.05, 3.63) is 52.2 Å². The zero-order valence-corrected chi connectivity index (χ0v) is 11.8. The molecule has 0 bridgehead atoms. The van der Waals surface area contributed by atoms with Crippen molar-refractivity contribution in [1.29, 1.82) is 0 Å². The summed E-state index contributed by atoms with van der Waals surface area (Å²) in [6.07, 6.45) is 1.24. The van der Waals surface area contributed by atoms with Gasteiger partial charge in [-0.1, -0.05) is 23.9 Å². The second kappa shape index (κ2) is 6.23. The molecule has 2 N–H and O–H groups in total. The Morgan fingerprint density at radius 2 is 2.14 bits per heavy atom. The molecule has 0 atom stereocenters. The summed E-state index contributed by atoms with van der Waals surface area (Å²) in [5, 5.41) is 11.3. The first-order valence-corrected chi connectivity index (χ1v) is 6.59. The Morgan fingerprint density at radius 3 is 2.76 bits per heavy atom. The van der Waals surface area contributed by atoms with Crippen LogP contribution in [0.2, 0.25) is 0 Å². The smallest absolute Gasteiger partial charge is 0.339 e. The van der Waals surface area contributed by atoms with Gasteiger partial charge < -0.3 is 10.5 Å². The van der Waals surface area contributed by atoms with E-state index in [-0.39, 0.29) is 16.3 Å². The van der Waals surface area contributed by atoms with Crippen LogP contribution in [-0.2, 0) is 4.74 Å². The molecular weight excluding hydrogens is 294 g/mol. The van der Waals surface area contributed by atoms with Crippen LogP contribution in [0.3, 0.4) is 0 Å². The summed E-state index contributed by atoms with van der Waals surface area (Å²) in [4.78, 5) is 26.6. The molecule has 108 valence electrons. The number of methoxy groups -OCH3 is 1. The van der Waals surface area contributed by atoms with Gasteiger partial charge in [-0.3, -0.25) is 10.1 Å². The average Bonchev–Trinajstić information content (AvgIpc) is 2.49. The molecule has 0 aliphatic carbocycles. The molecule has 0 saturated heterocycles. The van der Waals surface area contributed by atoms with E-state index >= 15 is 0 Å². The van der Waals surface area contributed by atoms with Crippen LogP contribution in [0.1, 0.15) is 10.4 Å². The standard InChI is InChI=1S/C13H11N3O4S/c1-20-13(17)8-6-10(16(18)19)12(15-7-8)21-11-5-3-2-4-9(11)14/h2-7H,14H2,1H3.